The fourth-order valence-corrected chi connectivity index (χ4v) is 3.02. The van der Waals surface area contributed by atoms with Crippen LogP contribution in [0.4, 0.5) is 0 Å². The van der Waals surface area contributed by atoms with Gasteiger partial charge in [0.2, 0.25) is 0 Å². The maximum Gasteiger partial charge on any atom is 1.00 e. The molecule has 0 amide bonds. The van der Waals surface area contributed by atoms with Gasteiger partial charge in [0.05, 0.1) is 4.90 Å². The summed E-state index contributed by atoms with van der Waals surface area (Å²) in [7, 11) is -4.41. The van der Waals surface area contributed by atoms with E-state index in [9.17, 15) is 13.0 Å². The van der Waals surface area contributed by atoms with E-state index in [1.165, 1.54) is 6.07 Å². The van der Waals surface area contributed by atoms with Gasteiger partial charge in [0.25, 0.3) is 0 Å². The molecule has 2 aromatic carbocycles. The Hall–Kier alpha value is 0.246. The number of hydrogen-bond acceptors (Lipinski definition) is 3. The Balaban J connectivity index is 0.00000180. The fraction of sp³-hybridized carbons (Fsp3) is 0.286. The Labute approximate surface area is 156 Å². The molecule has 5 heteroatoms. The second kappa shape index (κ2) is 6.80. The van der Waals surface area contributed by atoms with Crippen LogP contribution in [-0.2, 0) is 23.0 Å². The van der Waals surface area contributed by atoms with Gasteiger partial charge >= 0.3 is 51.4 Å². The summed E-state index contributed by atoms with van der Waals surface area (Å²) in [5.41, 5.74) is 1.76. The van der Waals surface area contributed by atoms with Gasteiger partial charge in [-0.1, -0.05) is 38.1 Å². The average Bonchev–Trinajstić information content (AvgIpc) is 2.35. The van der Waals surface area contributed by atoms with Crippen molar-refractivity contribution in [2.45, 2.75) is 31.6 Å². The molecular weight excluding hydrogens is 287 g/mol. The molecule has 0 unspecified atom stereocenters. The fourth-order valence-electron chi connectivity index (χ4n) is 2.23. The van der Waals surface area contributed by atoms with Gasteiger partial charge in [0, 0.05) is 0 Å². The Kier molecular flexibility index (Phi) is 6.19. The number of rotatable bonds is 3. The molecule has 0 atom stereocenters. The molecule has 3 nitrogen and oxygen atoms in total. The predicted octanol–water partition coefficient (Wildman–Crippen LogP) is -0.127. The topological polar surface area (TPSA) is 57.2 Å². The van der Waals surface area contributed by atoms with Crippen molar-refractivity contribution >= 4 is 20.9 Å². The van der Waals surface area contributed by atoms with Crippen LogP contribution in [0.3, 0.4) is 0 Å². The van der Waals surface area contributed by atoms with E-state index in [2.05, 4.69) is 0 Å². The summed E-state index contributed by atoms with van der Waals surface area (Å²) < 4.78 is 33.8. The van der Waals surface area contributed by atoms with Crippen LogP contribution in [-0.4, -0.2) is 13.0 Å². The Bertz CT molecular complexity index is 693. The van der Waals surface area contributed by atoms with Crippen molar-refractivity contribution in [2.24, 2.45) is 0 Å². The molecule has 0 aliphatic rings. The van der Waals surface area contributed by atoms with Crippen LogP contribution in [0.15, 0.2) is 35.2 Å². The van der Waals surface area contributed by atoms with E-state index in [1.54, 1.807) is 6.07 Å². The van der Waals surface area contributed by atoms with E-state index in [1.807, 2.05) is 32.0 Å². The van der Waals surface area contributed by atoms with Crippen LogP contribution in [0.1, 0.15) is 25.0 Å². The van der Waals surface area contributed by atoms with Crippen molar-refractivity contribution in [3.05, 3.63) is 41.5 Å². The van der Waals surface area contributed by atoms with Crippen LogP contribution in [0, 0.1) is 0 Å². The first-order valence-electron chi connectivity index (χ1n) is 5.97. The first-order valence-corrected chi connectivity index (χ1v) is 7.38. The number of hydrogen-bond donors (Lipinski definition) is 0. The molecule has 0 N–H and O–H groups in total. The SMILES string of the molecule is CCc1ccc2ccc(S(=O)(=O)[O-])c(CC)c2c1.[K+]. The molecule has 2 rings (SSSR count). The smallest absolute Gasteiger partial charge is 0.744 e. The molecule has 0 fully saturated rings. The summed E-state index contributed by atoms with van der Waals surface area (Å²) in [6.45, 7) is 3.91. The van der Waals surface area contributed by atoms with E-state index in [-0.39, 0.29) is 56.3 Å². The molecule has 0 aromatic heterocycles. The molecule has 0 spiro atoms. The van der Waals surface area contributed by atoms with Gasteiger partial charge in [-0.25, -0.2) is 8.42 Å². The first kappa shape index (κ1) is 17.3. The zero-order valence-corrected chi connectivity index (χ0v) is 15.4. The van der Waals surface area contributed by atoms with Crippen molar-refractivity contribution in [1.29, 1.82) is 0 Å². The van der Waals surface area contributed by atoms with E-state index >= 15 is 0 Å². The minimum absolute atomic E-state index is 0. The van der Waals surface area contributed by atoms with E-state index < -0.39 is 10.1 Å². The van der Waals surface area contributed by atoms with Crippen LogP contribution in [0.2, 0.25) is 0 Å². The summed E-state index contributed by atoms with van der Waals surface area (Å²) >= 11 is 0. The zero-order valence-electron chi connectivity index (χ0n) is 11.4. The number of fused-ring (bicyclic) bond motifs is 1. The molecule has 0 heterocycles. The Morgan fingerprint density at radius 2 is 1.68 bits per heavy atom. The largest absolute Gasteiger partial charge is 1.00 e. The normalized spacial score (nSPS) is 11.3. The molecule has 2 aromatic rings. The van der Waals surface area contributed by atoms with Crippen LogP contribution < -0.4 is 51.4 Å². The molecule has 0 aliphatic heterocycles. The molecule has 0 bridgehead atoms. The van der Waals surface area contributed by atoms with Crippen LogP contribution in [0.5, 0.6) is 0 Å². The number of aryl methyl sites for hydroxylation is 2. The third-order valence-electron chi connectivity index (χ3n) is 3.19. The van der Waals surface area contributed by atoms with E-state index in [4.69, 9.17) is 0 Å². The second-order valence-electron chi connectivity index (χ2n) is 4.26. The average molecular weight is 302 g/mol. The zero-order chi connectivity index (χ0) is 13.3. The summed E-state index contributed by atoms with van der Waals surface area (Å²) in [5, 5.41) is 1.84. The predicted molar refractivity (Wildman–Crippen MR) is 70.7 cm³/mol. The molecular formula is C14H15KO3S. The number of benzene rings is 2. The summed E-state index contributed by atoms with van der Waals surface area (Å²) in [6.07, 6.45) is 1.41. The van der Waals surface area contributed by atoms with Gasteiger partial charge in [0.1, 0.15) is 10.1 Å². The third kappa shape index (κ3) is 3.67. The minimum Gasteiger partial charge on any atom is -0.744 e. The van der Waals surface area contributed by atoms with Gasteiger partial charge in [-0.15, -0.1) is 0 Å². The monoisotopic (exact) mass is 302 g/mol. The quantitative estimate of drug-likeness (QED) is 0.586. The molecule has 0 radical (unpaired) electrons. The van der Waals surface area contributed by atoms with Crippen molar-refractivity contribution < 1.29 is 64.4 Å². The maximum atomic E-state index is 11.3. The van der Waals surface area contributed by atoms with Crippen molar-refractivity contribution in [1.82, 2.24) is 0 Å². The van der Waals surface area contributed by atoms with Gasteiger partial charge in [0.15, 0.2) is 0 Å². The molecule has 0 saturated heterocycles. The van der Waals surface area contributed by atoms with Crippen molar-refractivity contribution in [2.75, 3.05) is 0 Å². The molecule has 0 saturated carbocycles. The molecule has 0 aliphatic carbocycles. The maximum absolute atomic E-state index is 11.3. The standard InChI is InChI=1S/C14H16O3S.K/c1-3-10-5-6-11-7-8-14(18(15,16)17)12(4-2)13(11)9-10;/h5-9H,3-4H2,1-2H3,(H,15,16,17);/q;+1/p-1. The van der Waals surface area contributed by atoms with E-state index in [0.29, 0.717) is 12.0 Å². The Morgan fingerprint density at radius 1 is 1.05 bits per heavy atom. The summed E-state index contributed by atoms with van der Waals surface area (Å²) in [6, 6.07) is 9.07. The summed E-state index contributed by atoms with van der Waals surface area (Å²) in [4.78, 5) is -0.0919. The first-order chi connectivity index (χ1) is 8.47. The minimum atomic E-state index is -4.41. The molecule has 96 valence electrons. The van der Waals surface area contributed by atoms with Crippen molar-refractivity contribution in [3.63, 3.8) is 0 Å². The van der Waals surface area contributed by atoms with E-state index in [0.717, 1.165) is 22.8 Å². The van der Waals surface area contributed by atoms with Crippen molar-refractivity contribution in [3.8, 4) is 0 Å². The van der Waals surface area contributed by atoms with Gasteiger partial charge in [-0.05, 0) is 40.8 Å². The third-order valence-corrected chi connectivity index (χ3v) is 4.11. The van der Waals surface area contributed by atoms with Crippen LogP contribution >= 0.6 is 0 Å². The van der Waals surface area contributed by atoms with Gasteiger partial charge < -0.3 is 4.55 Å². The van der Waals surface area contributed by atoms with Crippen LogP contribution in [0.25, 0.3) is 10.8 Å². The second-order valence-corrected chi connectivity index (χ2v) is 5.61. The van der Waals surface area contributed by atoms with Gasteiger partial charge in [-0.2, -0.15) is 0 Å². The summed E-state index contributed by atoms with van der Waals surface area (Å²) in [5.74, 6) is 0. The molecule has 19 heavy (non-hydrogen) atoms. The van der Waals surface area contributed by atoms with Gasteiger partial charge in [-0.3, -0.25) is 0 Å². The Morgan fingerprint density at radius 3 is 2.21 bits per heavy atom.